The van der Waals surface area contributed by atoms with Crippen molar-refractivity contribution in [2.45, 2.75) is 33.0 Å². The van der Waals surface area contributed by atoms with E-state index in [1.165, 1.54) is 6.26 Å². The van der Waals surface area contributed by atoms with Crippen LogP contribution in [0.5, 0.6) is 0 Å². The van der Waals surface area contributed by atoms with Crippen LogP contribution in [0.25, 0.3) is 0 Å². The van der Waals surface area contributed by atoms with Gasteiger partial charge in [0.25, 0.3) is 5.91 Å². The lowest BCUT2D eigenvalue weighted by Gasteiger charge is -2.20. The molecule has 2 N–H and O–H groups in total. The van der Waals surface area contributed by atoms with E-state index in [2.05, 4.69) is 15.6 Å². The predicted octanol–water partition coefficient (Wildman–Crippen LogP) is 1.89. The highest BCUT2D eigenvalue weighted by atomic mass is 16.5. The maximum Gasteiger partial charge on any atom is 0.329 e. The molecule has 0 aliphatic rings. The van der Waals surface area contributed by atoms with E-state index in [4.69, 9.17) is 9.15 Å². The largest absolute Gasteiger partial charge is 0.459 e. The van der Waals surface area contributed by atoms with Gasteiger partial charge in [-0.15, -0.1) is 0 Å². The van der Waals surface area contributed by atoms with E-state index in [0.29, 0.717) is 12.4 Å². The molecule has 0 aliphatic carbocycles. The van der Waals surface area contributed by atoms with Crippen LogP contribution in [0, 0.1) is 5.92 Å². The Balaban J connectivity index is 1.96. The van der Waals surface area contributed by atoms with Gasteiger partial charge >= 0.3 is 5.97 Å². The zero-order chi connectivity index (χ0) is 18.2. The number of aromatic nitrogens is 1. The summed E-state index contributed by atoms with van der Waals surface area (Å²) in [4.78, 5) is 28.7. The molecule has 7 nitrogen and oxygen atoms in total. The molecule has 0 radical (unpaired) electrons. The zero-order valence-corrected chi connectivity index (χ0v) is 14.6. The lowest BCUT2D eigenvalue weighted by molar-refractivity contribution is -0.148. The van der Waals surface area contributed by atoms with Gasteiger partial charge in [-0.05, 0) is 18.5 Å². The number of nitrogens with zero attached hydrogens (tertiary/aromatic N) is 1. The average Bonchev–Trinajstić information content (AvgIpc) is 3.07. The Kier molecular flexibility index (Phi) is 6.71. The van der Waals surface area contributed by atoms with Crippen LogP contribution in [0.15, 0.2) is 41.0 Å². The number of nitrogens with one attached hydrogen (secondary N) is 2. The first-order valence-electron chi connectivity index (χ1n) is 8.11. The van der Waals surface area contributed by atoms with Gasteiger partial charge in [-0.2, -0.15) is 0 Å². The van der Waals surface area contributed by atoms with Gasteiger partial charge in [0.1, 0.15) is 18.9 Å². The van der Waals surface area contributed by atoms with Gasteiger partial charge in [0.05, 0.1) is 6.54 Å². The highest BCUT2D eigenvalue weighted by Gasteiger charge is 2.27. The third kappa shape index (κ3) is 5.42. The molecule has 1 atom stereocenters. The van der Waals surface area contributed by atoms with Crippen LogP contribution >= 0.6 is 0 Å². The molecular weight excluding hydrogens is 322 g/mol. The highest BCUT2D eigenvalue weighted by molar-refractivity contribution is 5.95. The fraction of sp³-hybridized carbons (Fsp3) is 0.389. The Morgan fingerprint density at radius 3 is 2.60 bits per heavy atom. The number of benzene rings is 1. The zero-order valence-electron chi connectivity index (χ0n) is 14.6. The second kappa shape index (κ2) is 8.98. The molecule has 0 bridgehead atoms. The van der Waals surface area contributed by atoms with Gasteiger partial charge in [-0.25, -0.2) is 9.78 Å². The van der Waals surface area contributed by atoms with E-state index in [1.807, 2.05) is 44.2 Å². The van der Waals surface area contributed by atoms with Crippen molar-refractivity contribution >= 4 is 11.9 Å². The Morgan fingerprint density at radius 2 is 1.96 bits per heavy atom. The average molecular weight is 345 g/mol. The summed E-state index contributed by atoms with van der Waals surface area (Å²) >= 11 is 0. The lowest BCUT2D eigenvalue weighted by atomic mass is 10.0. The summed E-state index contributed by atoms with van der Waals surface area (Å²) in [6, 6.07) is 8.61. The Bertz CT molecular complexity index is 697. The smallest absolute Gasteiger partial charge is 0.329 e. The molecule has 1 heterocycles. The SMILES string of the molecule is CNCc1nc(C(=O)NC(C(=O)OCc2ccccc2)C(C)C)co1. The highest BCUT2D eigenvalue weighted by Crippen LogP contribution is 2.09. The van der Waals surface area contributed by atoms with E-state index in [0.717, 1.165) is 5.56 Å². The summed E-state index contributed by atoms with van der Waals surface area (Å²) in [5.74, 6) is -0.677. The summed E-state index contributed by atoms with van der Waals surface area (Å²) in [5, 5.41) is 5.55. The van der Waals surface area contributed by atoms with Crippen molar-refractivity contribution in [2.75, 3.05) is 7.05 Å². The second-order valence-electron chi connectivity index (χ2n) is 5.95. The minimum atomic E-state index is -0.763. The number of hydrogen-bond donors (Lipinski definition) is 2. The number of esters is 1. The first-order chi connectivity index (χ1) is 12.0. The van der Waals surface area contributed by atoms with Gasteiger partial charge < -0.3 is 19.8 Å². The molecule has 1 aromatic heterocycles. The summed E-state index contributed by atoms with van der Waals surface area (Å²) in [7, 11) is 1.75. The Labute approximate surface area is 146 Å². The molecule has 0 spiro atoms. The number of rotatable bonds is 8. The van der Waals surface area contributed by atoms with Crippen molar-refractivity contribution in [2.24, 2.45) is 5.92 Å². The van der Waals surface area contributed by atoms with Crippen molar-refractivity contribution in [3.63, 3.8) is 0 Å². The first-order valence-corrected chi connectivity index (χ1v) is 8.11. The van der Waals surface area contributed by atoms with Crippen molar-refractivity contribution in [1.82, 2.24) is 15.6 Å². The molecule has 134 valence electrons. The van der Waals surface area contributed by atoms with Gasteiger partial charge in [0.2, 0.25) is 5.89 Å². The molecule has 2 aromatic rings. The molecule has 0 saturated carbocycles. The minimum absolute atomic E-state index is 0.129. The maximum atomic E-state index is 12.3. The summed E-state index contributed by atoms with van der Waals surface area (Å²) in [5.41, 5.74) is 1.02. The monoisotopic (exact) mass is 345 g/mol. The predicted molar refractivity (Wildman–Crippen MR) is 91.6 cm³/mol. The standard InChI is InChI=1S/C18H23N3O4/c1-12(2)16(18(23)25-10-13-7-5-4-6-8-13)21-17(22)14-11-24-15(20-14)9-19-3/h4-8,11-12,16,19H,9-10H2,1-3H3,(H,21,22). The Hall–Kier alpha value is -2.67. The maximum absolute atomic E-state index is 12.3. The molecule has 1 unspecified atom stereocenters. The van der Waals surface area contributed by atoms with Gasteiger partial charge in [0.15, 0.2) is 5.69 Å². The first kappa shape index (κ1) is 18.7. The van der Waals surface area contributed by atoms with E-state index in [-0.39, 0.29) is 18.2 Å². The molecule has 1 amide bonds. The summed E-state index contributed by atoms with van der Waals surface area (Å²) < 4.78 is 10.5. The van der Waals surface area contributed by atoms with Crippen LogP contribution in [0.3, 0.4) is 0 Å². The second-order valence-corrected chi connectivity index (χ2v) is 5.95. The quantitative estimate of drug-likeness (QED) is 0.710. The number of carbonyl (C=O) groups is 2. The van der Waals surface area contributed by atoms with Gasteiger partial charge in [-0.1, -0.05) is 44.2 Å². The van der Waals surface area contributed by atoms with Crippen LogP contribution in [0.2, 0.25) is 0 Å². The van der Waals surface area contributed by atoms with Gasteiger partial charge in [-0.3, -0.25) is 4.79 Å². The summed E-state index contributed by atoms with van der Waals surface area (Å²) in [6.45, 7) is 4.25. The van der Waals surface area contributed by atoms with Crippen molar-refractivity contribution in [1.29, 1.82) is 0 Å². The number of carbonyl (C=O) groups excluding carboxylic acids is 2. The van der Waals surface area contributed by atoms with E-state index < -0.39 is 17.9 Å². The molecule has 7 heteroatoms. The molecule has 0 fully saturated rings. The van der Waals surface area contributed by atoms with Crippen LogP contribution in [0.1, 0.15) is 35.8 Å². The summed E-state index contributed by atoms with van der Waals surface area (Å²) in [6.07, 6.45) is 1.27. The fourth-order valence-electron chi connectivity index (χ4n) is 2.18. The van der Waals surface area contributed by atoms with Crippen LogP contribution in [-0.2, 0) is 22.7 Å². The third-order valence-electron chi connectivity index (χ3n) is 3.54. The lowest BCUT2D eigenvalue weighted by Crippen LogP contribution is -2.45. The van der Waals surface area contributed by atoms with Crippen LogP contribution in [-0.4, -0.2) is 29.9 Å². The van der Waals surface area contributed by atoms with Crippen LogP contribution in [0.4, 0.5) is 0 Å². The molecule has 1 aromatic carbocycles. The van der Waals surface area contributed by atoms with E-state index >= 15 is 0 Å². The van der Waals surface area contributed by atoms with E-state index in [1.54, 1.807) is 7.05 Å². The topological polar surface area (TPSA) is 93.5 Å². The van der Waals surface area contributed by atoms with Gasteiger partial charge in [0, 0.05) is 0 Å². The fourth-order valence-corrected chi connectivity index (χ4v) is 2.18. The molecule has 0 aliphatic heterocycles. The Morgan fingerprint density at radius 1 is 1.24 bits per heavy atom. The third-order valence-corrected chi connectivity index (χ3v) is 3.54. The number of hydrogen-bond acceptors (Lipinski definition) is 6. The van der Waals surface area contributed by atoms with Crippen molar-refractivity contribution < 1.29 is 18.7 Å². The number of amides is 1. The molecule has 25 heavy (non-hydrogen) atoms. The molecule has 0 saturated heterocycles. The van der Waals surface area contributed by atoms with E-state index in [9.17, 15) is 9.59 Å². The number of ether oxygens (including phenoxy) is 1. The minimum Gasteiger partial charge on any atom is -0.459 e. The van der Waals surface area contributed by atoms with Crippen molar-refractivity contribution in [3.05, 3.63) is 53.7 Å². The normalized spacial score (nSPS) is 12.0. The van der Waals surface area contributed by atoms with Crippen LogP contribution < -0.4 is 10.6 Å². The molecular formula is C18H23N3O4. The molecule has 2 rings (SSSR count). The number of oxazole rings is 1. The van der Waals surface area contributed by atoms with Crippen molar-refractivity contribution in [3.8, 4) is 0 Å².